The predicted molar refractivity (Wildman–Crippen MR) is 50.8 cm³/mol. The van der Waals surface area contributed by atoms with Gasteiger partial charge in [-0.15, -0.1) is 0 Å². The van der Waals surface area contributed by atoms with Gasteiger partial charge < -0.3 is 5.11 Å². The van der Waals surface area contributed by atoms with Gasteiger partial charge in [-0.05, 0) is 35.0 Å². The van der Waals surface area contributed by atoms with Crippen LogP contribution in [0.15, 0.2) is 16.6 Å². The van der Waals surface area contributed by atoms with E-state index in [0.29, 0.717) is 0 Å². The molecule has 0 aliphatic heterocycles. The molecule has 0 fully saturated rings. The van der Waals surface area contributed by atoms with E-state index in [1.165, 1.54) is 13.0 Å². The zero-order valence-corrected chi connectivity index (χ0v) is 8.81. The first kappa shape index (κ1) is 11.1. The Kier molecular flexibility index (Phi) is 3.21. The number of alkyl halides is 2. The number of aromatic hydroxyl groups is 1. The summed E-state index contributed by atoms with van der Waals surface area (Å²) in [5, 5.41) is 9.07. The van der Waals surface area contributed by atoms with Crippen molar-refractivity contribution >= 4 is 21.7 Å². The molecule has 0 aliphatic carbocycles. The fraction of sp³-hybridized carbons (Fsp3) is 0.222. The van der Waals surface area contributed by atoms with E-state index in [1.807, 2.05) is 0 Å². The number of phenolic OH excluding ortho intramolecular Hbond substituents is 1. The molecule has 0 heterocycles. The third-order valence-corrected chi connectivity index (χ3v) is 2.32. The Bertz CT molecular complexity index is 377. The molecule has 2 nitrogen and oxygen atoms in total. The summed E-state index contributed by atoms with van der Waals surface area (Å²) in [5.74, 6) is -0.760. The number of rotatable bonds is 2. The Labute approximate surface area is 87.7 Å². The largest absolute Gasteiger partial charge is 0.508 e. The minimum atomic E-state index is -2.78. The van der Waals surface area contributed by atoms with Crippen molar-refractivity contribution in [1.82, 2.24) is 0 Å². The van der Waals surface area contributed by atoms with Gasteiger partial charge in [0.15, 0.2) is 5.78 Å². The molecule has 0 atom stereocenters. The number of ketones is 1. The van der Waals surface area contributed by atoms with Crippen molar-refractivity contribution in [2.75, 3.05) is 0 Å². The maximum absolute atomic E-state index is 12.5. The highest BCUT2D eigenvalue weighted by Gasteiger charge is 2.19. The van der Waals surface area contributed by atoms with E-state index < -0.39 is 17.8 Å². The molecule has 1 rings (SSSR count). The van der Waals surface area contributed by atoms with Gasteiger partial charge in [0, 0.05) is 15.6 Å². The van der Waals surface area contributed by atoms with E-state index in [4.69, 9.17) is 5.11 Å². The lowest BCUT2D eigenvalue weighted by atomic mass is 10.0. The second-order valence-corrected chi connectivity index (χ2v) is 3.60. The van der Waals surface area contributed by atoms with Gasteiger partial charge in [0.25, 0.3) is 6.43 Å². The maximum Gasteiger partial charge on any atom is 0.264 e. The van der Waals surface area contributed by atoms with Crippen LogP contribution in [-0.4, -0.2) is 10.9 Å². The average Bonchev–Trinajstić information content (AvgIpc) is 2.01. The van der Waals surface area contributed by atoms with Crippen molar-refractivity contribution < 1.29 is 18.7 Å². The first-order valence-corrected chi connectivity index (χ1v) is 4.54. The SMILES string of the molecule is CC(=O)c1c(Br)cc(O)cc1C(F)F. The molecule has 0 aliphatic rings. The molecule has 1 aromatic rings. The lowest BCUT2D eigenvalue weighted by molar-refractivity contribution is 0.0998. The third-order valence-electron chi connectivity index (χ3n) is 1.69. The van der Waals surface area contributed by atoms with E-state index in [1.54, 1.807) is 0 Å². The summed E-state index contributed by atoms with van der Waals surface area (Å²) in [6.45, 7) is 1.20. The van der Waals surface area contributed by atoms with Gasteiger partial charge in [-0.1, -0.05) is 0 Å². The molecule has 0 spiro atoms. The van der Waals surface area contributed by atoms with Crippen LogP contribution in [0.5, 0.6) is 5.75 Å². The summed E-state index contributed by atoms with van der Waals surface area (Å²) in [4.78, 5) is 11.1. The van der Waals surface area contributed by atoms with Crippen LogP contribution in [0.3, 0.4) is 0 Å². The quantitative estimate of drug-likeness (QED) is 0.833. The van der Waals surface area contributed by atoms with Gasteiger partial charge >= 0.3 is 0 Å². The summed E-state index contributed by atoms with van der Waals surface area (Å²) in [7, 11) is 0. The molecule has 0 saturated carbocycles. The van der Waals surface area contributed by atoms with E-state index in [0.717, 1.165) is 6.07 Å². The van der Waals surface area contributed by atoms with Gasteiger partial charge in [-0.2, -0.15) is 0 Å². The molecule has 0 saturated heterocycles. The van der Waals surface area contributed by atoms with Crippen LogP contribution in [0.2, 0.25) is 0 Å². The van der Waals surface area contributed by atoms with E-state index in [9.17, 15) is 13.6 Å². The van der Waals surface area contributed by atoms with Crippen LogP contribution in [0.25, 0.3) is 0 Å². The minimum Gasteiger partial charge on any atom is -0.508 e. The molecule has 0 aromatic heterocycles. The highest BCUT2D eigenvalue weighted by Crippen LogP contribution is 2.32. The van der Waals surface area contributed by atoms with Crippen LogP contribution < -0.4 is 0 Å². The van der Waals surface area contributed by atoms with Gasteiger partial charge in [0.1, 0.15) is 5.75 Å². The maximum atomic E-state index is 12.5. The Morgan fingerprint density at radius 2 is 2.07 bits per heavy atom. The topological polar surface area (TPSA) is 37.3 Å². The number of phenols is 1. The standard InChI is InChI=1S/C9H7BrF2O2/c1-4(13)8-6(9(11)12)2-5(14)3-7(8)10/h2-3,9,14H,1H3. The highest BCUT2D eigenvalue weighted by atomic mass is 79.9. The monoisotopic (exact) mass is 264 g/mol. The lowest BCUT2D eigenvalue weighted by Crippen LogP contribution is -2.01. The fourth-order valence-electron chi connectivity index (χ4n) is 1.16. The van der Waals surface area contributed by atoms with Crippen LogP contribution in [0.1, 0.15) is 29.3 Å². The van der Waals surface area contributed by atoms with Gasteiger partial charge in [0.05, 0.1) is 0 Å². The second kappa shape index (κ2) is 4.04. The number of hydrogen-bond acceptors (Lipinski definition) is 2. The van der Waals surface area contributed by atoms with Crippen molar-refractivity contribution in [2.45, 2.75) is 13.3 Å². The number of carbonyl (C=O) groups excluding carboxylic acids is 1. The molecule has 0 amide bonds. The van der Waals surface area contributed by atoms with Crippen molar-refractivity contribution in [3.8, 4) is 5.75 Å². The van der Waals surface area contributed by atoms with Crippen LogP contribution in [0.4, 0.5) is 8.78 Å². The van der Waals surface area contributed by atoms with E-state index >= 15 is 0 Å². The molecule has 76 valence electrons. The second-order valence-electron chi connectivity index (χ2n) is 2.75. The molecule has 0 unspecified atom stereocenters. The predicted octanol–water partition coefficient (Wildman–Crippen LogP) is 3.29. The highest BCUT2D eigenvalue weighted by molar-refractivity contribution is 9.10. The van der Waals surface area contributed by atoms with E-state index in [-0.39, 0.29) is 15.8 Å². The molecule has 1 aromatic carbocycles. The van der Waals surface area contributed by atoms with Gasteiger partial charge in [-0.3, -0.25) is 4.79 Å². The molecule has 5 heteroatoms. The first-order chi connectivity index (χ1) is 6.43. The Morgan fingerprint density at radius 1 is 1.50 bits per heavy atom. The number of Topliss-reactive ketones (excluding diaryl/α,β-unsaturated/α-hetero) is 1. The zero-order chi connectivity index (χ0) is 10.9. The fourth-order valence-corrected chi connectivity index (χ4v) is 1.90. The van der Waals surface area contributed by atoms with Crippen LogP contribution in [0, 0.1) is 0 Å². The van der Waals surface area contributed by atoms with Crippen molar-refractivity contribution in [3.63, 3.8) is 0 Å². The average molecular weight is 265 g/mol. The first-order valence-electron chi connectivity index (χ1n) is 3.75. The van der Waals surface area contributed by atoms with Gasteiger partial charge in [-0.25, -0.2) is 8.78 Å². The number of halogens is 3. The minimum absolute atomic E-state index is 0.0854. The van der Waals surface area contributed by atoms with E-state index in [2.05, 4.69) is 15.9 Å². The zero-order valence-electron chi connectivity index (χ0n) is 7.22. The molecular formula is C9H7BrF2O2. The normalized spacial score (nSPS) is 10.6. The van der Waals surface area contributed by atoms with Gasteiger partial charge in [0.2, 0.25) is 0 Å². The molecular weight excluding hydrogens is 258 g/mol. The smallest absolute Gasteiger partial charge is 0.264 e. The number of hydrogen-bond donors (Lipinski definition) is 1. The van der Waals surface area contributed by atoms with Crippen molar-refractivity contribution in [1.29, 1.82) is 0 Å². The Balaban J connectivity index is 3.44. The summed E-state index contributed by atoms with van der Waals surface area (Å²) in [5.41, 5.74) is -0.540. The van der Waals surface area contributed by atoms with Crippen molar-refractivity contribution in [3.05, 3.63) is 27.7 Å². The third kappa shape index (κ3) is 2.09. The molecule has 14 heavy (non-hydrogen) atoms. The molecule has 1 N–H and O–H groups in total. The summed E-state index contributed by atoms with van der Waals surface area (Å²) in [6, 6.07) is 2.11. The lowest BCUT2D eigenvalue weighted by Gasteiger charge is -2.08. The van der Waals surface area contributed by atoms with Crippen molar-refractivity contribution in [2.24, 2.45) is 0 Å². The molecule has 0 radical (unpaired) electrons. The number of carbonyl (C=O) groups is 1. The summed E-state index contributed by atoms with van der Waals surface area (Å²) in [6.07, 6.45) is -2.78. The summed E-state index contributed by atoms with van der Waals surface area (Å²) >= 11 is 2.95. The van der Waals surface area contributed by atoms with Crippen LogP contribution in [-0.2, 0) is 0 Å². The van der Waals surface area contributed by atoms with Crippen LogP contribution >= 0.6 is 15.9 Å². The molecule has 0 bridgehead atoms. The number of benzene rings is 1. The summed E-state index contributed by atoms with van der Waals surface area (Å²) < 4.78 is 25.1. The Morgan fingerprint density at radius 3 is 2.50 bits per heavy atom. The Hall–Kier alpha value is -0.970.